The Morgan fingerprint density at radius 3 is 3.00 bits per heavy atom. The van der Waals surface area contributed by atoms with Gasteiger partial charge in [-0.3, -0.25) is 0 Å². The summed E-state index contributed by atoms with van der Waals surface area (Å²) in [6, 6.07) is 5.98. The maximum Gasteiger partial charge on any atom is 0.119 e. The van der Waals surface area contributed by atoms with Gasteiger partial charge in [0.1, 0.15) is 5.75 Å². The summed E-state index contributed by atoms with van der Waals surface area (Å²) >= 11 is 0. The number of hydrogen-bond acceptors (Lipinski definition) is 2. The van der Waals surface area contributed by atoms with Gasteiger partial charge in [-0.2, -0.15) is 0 Å². The normalized spacial score (nSPS) is 10.8. The molecule has 2 N–H and O–H groups in total. The number of fused-ring (bicyclic) bond motifs is 1. The quantitative estimate of drug-likeness (QED) is 0.802. The number of rotatable bonds is 4. The molecule has 0 radical (unpaired) electrons. The number of aliphatic hydroxyl groups excluding tert-OH is 1. The van der Waals surface area contributed by atoms with Gasteiger partial charge in [0.2, 0.25) is 0 Å². The van der Waals surface area contributed by atoms with Crippen molar-refractivity contribution in [2.75, 3.05) is 13.7 Å². The molecule has 2 rings (SSSR count). The van der Waals surface area contributed by atoms with Gasteiger partial charge in [-0.05, 0) is 36.6 Å². The molecule has 1 aromatic heterocycles. The van der Waals surface area contributed by atoms with Crippen LogP contribution < -0.4 is 4.74 Å². The van der Waals surface area contributed by atoms with Gasteiger partial charge in [0, 0.05) is 23.7 Å². The lowest BCUT2D eigenvalue weighted by molar-refractivity contribution is 0.289. The number of aliphatic hydroxyl groups is 1. The molecule has 0 saturated heterocycles. The van der Waals surface area contributed by atoms with Crippen molar-refractivity contribution in [2.24, 2.45) is 0 Å². The predicted molar refractivity (Wildman–Crippen MR) is 60.3 cm³/mol. The third-order valence-electron chi connectivity index (χ3n) is 2.58. The Morgan fingerprint density at radius 2 is 2.27 bits per heavy atom. The molecule has 0 aliphatic rings. The van der Waals surface area contributed by atoms with Gasteiger partial charge >= 0.3 is 0 Å². The fraction of sp³-hybridized carbons (Fsp3) is 0.333. The number of aromatic nitrogens is 1. The summed E-state index contributed by atoms with van der Waals surface area (Å²) in [6.07, 6.45) is 3.69. The molecule has 3 heteroatoms. The fourth-order valence-corrected chi connectivity index (χ4v) is 1.76. The molecule has 80 valence electrons. The van der Waals surface area contributed by atoms with Crippen molar-refractivity contribution in [3.05, 3.63) is 30.0 Å². The summed E-state index contributed by atoms with van der Waals surface area (Å²) in [5.41, 5.74) is 2.35. The highest BCUT2D eigenvalue weighted by Gasteiger charge is 2.04. The van der Waals surface area contributed by atoms with Crippen LogP contribution in [0.2, 0.25) is 0 Å². The first-order chi connectivity index (χ1) is 7.35. The molecule has 1 heterocycles. The van der Waals surface area contributed by atoms with E-state index in [9.17, 15) is 0 Å². The molecule has 0 atom stereocenters. The Balaban J connectivity index is 2.38. The molecule has 0 saturated carbocycles. The van der Waals surface area contributed by atoms with Crippen LogP contribution in [0.15, 0.2) is 24.4 Å². The zero-order valence-corrected chi connectivity index (χ0v) is 8.79. The molecule has 15 heavy (non-hydrogen) atoms. The highest BCUT2D eigenvalue weighted by Crippen LogP contribution is 2.24. The molecule has 0 fully saturated rings. The van der Waals surface area contributed by atoms with Gasteiger partial charge in [0.25, 0.3) is 0 Å². The number of ether oxygens (including phenoxy) is 1. The monoisotopic (exact) mass is 205 g/mol. The van der Waals surface area contributed by atoms with Gasteiger partial charge in [-0.25, -0.2) is 0 Å². The van der Waals surface area contributed by atoms with Crippen LogP contribution in [0.25, 0.3) is 10.9 Å². The highest BCUT2D eigenvalue weighted by molar-refractivity contribution is 5.84. The topological polar surface area (TPSA) is 45.2 Å². The highest BCUT2D eigenvalue weighted by atomic mass is 16.5. The molecular weight excluding hydrogens is 190 g/mol. The Hall–Kier alpha value is -1.48. The average molecular weight is 205 g/mol. The van der Waals surface area contributed by atoms with Crippen molar-refractivity contribution in [3.8, 4) is 5.75 Å². The van der Waals surface area contributed by atoms with E-state index in [4.69, 9.17) is 9.84 Å². The SMILES string of the molecule is COc1ccc2[nH]cc(CCCO)c2c1. The van der Waals surface area contributed by atoms with E-state index in [2.05, 4.69) is 4.98 Å². The van der Waals surface area contributed by atoms with Crippen LogP contribution in [-0.2, 0) is 6.42 Å². The third-order valence-corrected chi connectivity index (χ3v) is 2.58. The number of aromatic amines is 1. The molecule has 0 spiro atoms. The van der Waals surface area contributed by atoms with E-state index in [0.29, 0.717) is 0 Å². The number of nitrogens with one attached hydrogen (secondary N) is 1. The molecular formula is C12H15NO2. The second kappa shape index (κ2) is 4.36. The zero-order chi connectivity index (χ0) is 10.7. The number of benzene rings is 1. The van der Waals surface area contributed by atoms with Gasteiger partial charge in [-0.1, -0.05) is 0 Å². The molecule has 0 aliphatic heterocycles. The largest absolute Gasteiger partial charge is 0.497 e. The maximum atomic E-state index is 8.80. The summed E-state index contributed by atoms with van der Waals surface area (Å²) in [5.74, 6) is 0.868. The number of hydrogen-bond donors (Lipinski definition) is 2. The molecule has 0 amide bonds. The fourth-order valence-electron chi connectivity index (χ4n) is 1.76. The minimum absolute atomic E-state index is 0.233. The van der Waals surface area contributed by atoms with Crippen LogP contribution in [0, 0.1) is 0 Å². The smallest absolute Gasteiger partial charge is 0.119 e. The Bertz CT molecular complexity index is 448. The Morgan fingerprint density at radius 1 is 1.40 bits per heavy atom. The molecule has 0 unspecified atom stereocenters. The summed E-state index contributed by atoms with van der Waals surface area (Å²) in [5, 5.41) is 9.99. The van der Waals surface area contributed by atoms with Crippen LogP contribution in [0.4, 0.5) is 0 Å². The average Bonchev–Trinajstić information content (AvgIpc) is 2.68. The predicted octanol–water partition coefficient (Wildman–Crippen LogP) is 2.10. The molecule has 0 aliphatic carbocycles. The number of H-pyrrole nitrogens is 1. The van der Waals surface area contributed by atoms with E-state index in [1.54, 1.807) is 7.11 Å². The zero-order valence-electron chi connectivity index (χ0n) is 8.79. The molecule has 0 bridgehead atoms. The molecule has 3 nitrogen and oxygen atoms in total. The van der Waals surface area contributed by atoms with Crippen LogP contribution in [-0.4, -0.2) is 23.8 Å². The lowest BCUT2D eigenvalue weighted by Crippen LogP contribution is -1.88. The Labute approximate surface area is 88.7 Å². The minimum Gasteiger partial charge on any atom is -0.497 e. The van der Waals surface area contributed by atoms with Crippen LogP contribution >= 0.6 is 0 Å². The van der Waals surface area contributed by atoms with E-state index >= 15 is 0 Å². The summed E-state index contributed by atoms with van der Waals surface area (Å²) in [4.78, 5) is 3.21. The number of aryl methyl sites for hydroxylation is 1. The first-order valence-corrected chi connectivity index (χ1v) is 5.10. The maximum absolute atomic E-state index is 8.80. The van der Waals surface area contributed by atoms with Crippen molar-refractivity contribution in [1.82, 2.24) is 4.98 Å². The lowest BCUT2D eigenvalue weighted by atomic mass is 10.1. The minimum atomic E-state index is 0.233. The van der Waals surface area contributed by atoms with Crippen molar-refractivity contribution in [3.63, 3.8) is 0 Å². The van der Waals surface area contributed by atoms with Crippen LogP contribution in [0.1, 0.15) is 12.0 Å². The van der Waals surface area contributed by atoms with E-state index in [1.807, 2.05) is 24.4 Å². The molecule has 2 aromatic rings. The first kappa shape index (κ1) is 10.1. The third kappa shape index (κ3) is 1.97. The van der Waals surface area contributed by atoms with Gasteiger partial charge < -0.3 is 14.8 Å². The van der Waals surface area contributed by atoms with Crippen LogP contribution in [0.3, 0.4) is 0 Å². The summed E-state index contributed by atoms with van der Waals surface area (Å²) in [6.45, 7) is 0.233. The summed E-state index contributed by atoms with van der Waals surface area (Å²) in [7, 11) is 1.67. The van der Waals surface area contributed by atoms with Crippen molar-refractivity contribution >= 4 is 10.9 Å². The number of methoxy groups -OCH3 is 1. The lowest BCUT2D eigenvalue weighted by Gasteiger charge is -2.01. The van der Waals surface area contributed by atoms with Crippen LogP contribution in [0.5, 0.6) is 5.75 Å². The van der Waals surface area contributed by atoms with Crippen molar-refractivity contribution < 1.29 is 9.84 Å². The van der Waals surface area contributed by atoms with Crippen molar-refractivity contribution in [2.45, 2.75) is 12.8 Å². The molecule has 1 aromatic carbocycles. The van der Waals surface area contributed by atoms with E-state index in [1.165, 1.54) is 10.9 Å². The summed E-state index contributed by atoms with van der Waals surface area (Å²) < 4.78 is 5.19. The standard InChI is InChI=1S/C12H15NO2/c1-15-10-4-5-12-11(7-10)9(8-13-12)3-2-6-14/h4-5,7-8,13-14H,2-3,6H2,1H3. The Kier molecular flexibility index (Phi) is 2.92. The van der Waals surface area contributed by atoms with E-state index in [0.717, 1.165) is 24.1 Å². The van der Waals surface area contributed by atoms with Gasteiger partial charge in [0.05, 0.1) is 7.11 Å². The first-order valence-electron chi connectivity index (χ1n) is 5.10. The second-order valence-corrected chi connectivity index (χ2v) is 3.55. The van der Waals surface area contributed by atoms with E-state index < -0.39 is 0 Å². The second-order valence-electron chi connectivity index (χ2n) is 3.55. The van der Waals surface area contributed by atoms with Gasteiger partial charge in [-0.15, -0.1) is 0 Å². The van der Waals surface area contributed by atoms with Crippen molar-refractivity contribution in [1.29, 1.82) is 0 Å². The van der Waals surface area contributed by atoms with Gasteiger partial charge in [0.15, 0.2) is 0 Å². The van der Waals surface area contributed by atoms with E-state index in [-0.39, 0.29) is 6.61 Å².